The summed E-state index contributed by atoms with van der Waals surface area (Å²) in [4.78, 5) is 15.4. The van der Waals surface area contributed by atoms with Crippen LogP contribution in [0.15, 0.2) is 17.6 Å². The van der Waals surface area contributed by atoms with E-state index in [9.17, 15) is 4.79 Å². The van der Waals surface area contributed by atoms with E-state index in [1.807, 2.05) is 23.1 Å². The van der Waals surface area contributed by atoms with Crippen LogP contribution in [0.3, 0.4) is 0 Å². The number of aromatic nitrogens is 3. The lowest BCUT2D eigenvalue weighted by Gasteiger charge is -1.99. The highest BCUT2D eigenvalue weighted by atomic mass is 32.1. The Bertz CT molecular complexity index is 486. The van der Waals surface area contributed by atoms with Crippen LogP contribution in [-0.2, 0) is 6.54 Å². The first kappa shape index (κ1) is 10.0. The molecule has 78 valence electrons. The summed E-state index contributed by atoms with van der Waals surface area (Å²) in [6.07, 6.45) is 1.74. The van der Waals surface area contributed by atoms with Gasteiger partial charge in [-0.1, -0.05) is 0 Å². The predicted molar refractivity (Wildman–Crippen MR) is 59.0 cm³/mol. The van der Waals surface area contributed by atoms with E-state index in [0.717, 1.165) is 17.9 Å². The molecule has 4 nitrogen and oxygen atoms in total. The molecular formula is C10H11N3OS. The highest BCUT2D eigenvalue weighted by Gasteiger charge is 2.10. The molecule has 15 heavy (non-hydrogen) atoms. The minimum Gasteiger partial charge on any atom is -0.292 e. The third-order valence-electron chi connectivity index (χ3n) is 2.08. The quantitative estimate of drug-likeness (QED) is 0.747. The van der Waals surface area contributed by atoms with Crippen LogP contribution in [0.2, 0.25) is 0 Å². The van der Waals surface area contributed by atoms with E-state index in [2.05, 4.69) is 10.1 Å². The Kier molecular flexibility index (Phi) is 2.64. The zero-order valence-corrected chi connectivity index (χ0v) is 9.41. The fourth-order valence-corrected chi connectivity index (χ4v) is 2.07. The second-order valence-corrected chi connectivity index (χ2v) is 3.98. The Morgan fingerprint density at radius 2 is 2.40 bits per heavy atom. The summed E-state index contributed by atoms with van der Waals surface area (Å²) in [6, 6.07) is 1.91. The first-order chi connectivity index (χ1) is 7.22. The molecule has 0 aliphatic heterocycles. The molecule has 0 atom stereocenters. The Morgan fingerprint density at radius 3 is 3.00 bits per heavy atom. The predicted octanol–water partition coefficient (Wildman–Crippen LogP) is 2.23. The molecule has 0 saturated heterocycles. The molecule has 0 aliphatic rings. The van der Waals surface area contributed by atoms with E-state index < -0.39 is 0 Å². The van der Waals surface area contributed by atoms with Crippen molar-refractivity contribution >= 4 is 17.1 Å². The minimum absolute atomic E-state index is 0.00816. The monoisotopic (exact) mass is 221 g/mol. The highest BCUT2D eigenvalue weighted by Crippen LogP contribution is 2.21. The van der Waals surface area contributed by atoms with Gasteiger partial charge in [0, 0.05) is 25.0 Å². The van der Waals surface area contributed by atoms with Crippen molar-refractivity contribution in [3.8, 4) is 11.4 Å². The summed E-state index contributed by atoms with van der Waals surface area (Å²) >= 11 is 1.37. The highest BCUT2D eigenvalue weighted by molar-refractivity contribution is 7.12. The molecule has 0 radical (unpaired) electrons. The van der Waals surface area contributed by atoms with Crippen molar-refractivity contribution < 1.29 is 4.79 Å². The molecular weight excluding hydrogens is 210 g/mol. The van der Waals surface area contributed by atoms with Gasteiger partial charge in [0.25, 0.3) is 0 Å². The van der Waals surface area contributed by atoms with Crippen LogP contribution in [0.25, 0.3) is 11.4 Å². The lowest BCUT2D eigenvalue weighted by molar-refractivity contribution is 0.101. The van der Waals surface area contributed by atoms with Gasteiger partial charge in [0.05, 0.1) is 5.69 Å². The maximum Gasteiger partial charge on any atom is 0.188 e. The summed E-state index contributed by atoms with van der Waals surface area (Å²) in [5, 5.41) is 6.60. The molecule has 0 fully saturated rings. The molecule has 0 unspecified atom stereocenters. The molecule has 0 spiro atoms. The third-order valence-corrected chi connectivity index (χ3v) is 3.03. The fraction of sp³-hybridized carbons (Fsp3) is 0.300. The van der Waals surface area contributed by atoms with Gasteiger partial charge in [0.1, 0.15) is 5.69 Å². The molecule has 0 bridgehead atoms. The van der Waals surface area contributed by atoms with E-state index in [1.54, 1.807) is 6.20 Å². The number of carbonyl (C=O) groups excluding carboxylic acids is 1. The van der Waals surface area contributed by atoms with Gasteiger partial charge in [0.15, 0.2) is 10.8 Å². The Labute approximate surface area is 91.6 Å². The van der Waals surface area contributed by atoms with E-state index in [1.165, 1.54) is 18.3 Å². The number of rotatable bonds is 3. The van der Waals surface area contributed by atoms with Crippen molar-refractivity contribution in [2.75, 3.05) is 0 Å². The van der Waals surface area contributed by atoms with Crippen LogP contribution in [0.4, 0.5) is 0 Å². The lowest BCUT2D eigenvalue weighted by Crippen LogP contribution is -1.99. The molecule has 2 rings (SSSR count). The van der Waals surface area contributed by atoms with Gasteiger partial charge >= 0.3 is 0 Å². The number of carbonyl (C=O) groups is 1. The minimum atomic E-state index is 0.00816. The standard InChI is InChI=1S/C10H11N3OS/c1-3-13-9(4-5-11-13)8-6-15-10(12-8)7(2)14/h4-6H,3H2,1-2H3. The number of Topliss-reactive ketones (excluding diaryl/α,β-unsaturated/α-hetero) is 1. The van der Waals surface area contributed by atoms with Crippen LogP contribution in [0, 0.1) is 0 Å². The molecule has 0 N–H and O–H groups in total. The van der Waals surface area contributed by atoms with Crippen molar-refractivity contribution in [3.63, 3.8) is 0 Å². The molecule has 2 heterocycles. The number of ketones is 1. The smallest absolute Gasteiger partial charge is 0.188 e. The van der Waals surface area contributed by atoms with E-state index in [4.69, 9.17) is 0 Å². The maximum absolute atomic E-state index is 11.1. The van der Waals surface area contributed by atoms with Gasteiger partial charge in [-0.25, -0.2) is 4.98 Å². The Morgan fingerprint density at radius 1 is 1.60 bits per heavy atom. The normalized spacial score (nSPS) is 10.5. The zero-order chi connectivity index (χ0) is 10.8. The van der Waals surface area contributed by atoms with E-state index in [0.29, 0.717) is 5.01 Å². The summed E-state index contributed by atoms with van der Waals surface area (Å²) < 4.78 is 1.86. The Balaban J connectivity index is 2.41. The molecule has 5 heteroatoms. The van der Waals surface area contributed by atoms with Crippen molar-refractivity contribution in [3.05, 3.63) is 22.7 Å². The average molecular weight is 221 g/mol. The molecule has 2 aromatic rings. The lowest BCUT2D eigenvalue weighted by atomic mass is 10.3. The number of hydrogen-bond acceptors (Lipinski definition) is 4. The first-order valence-electron chi connectivity index (χ1n) is 4.71. The second-order valence-electron chi connectivity index (χ2n) is 3.13. The molecule has 0 amide bonds. The summed E-state index contributed by atoms with van der Waals surface area (Å²) in [6.45, 7) is 4.35. The SMILES string of the molecule is CCn1nccc1-c1csc(C(C)=O)n1. The number of aryl methyl sites for hydroxylation is 1. The molecule has 0 aliphatic carbocycles. The zero-order valence-electron chi connectivity index (χ0n) is 8.60. The van der Waals surface area contributed by atoms with Crippen LogP contribution >= 0.6 is 11.3 Å². The summed E-state index contributed by atoms with van der Waals surface area (Å²) in [5.41, 5.74) is 1.78. The fourth-order valence-electron chi connectivity index (χ4n) is 1.36. The second kappa shape index (κ2) is 3.94. The maximum atomic E-state index is 11.1. The summed E-state index contributed by atoms with van der Waals surface area (Å²) in [5.74, 6) is 0.00816. The van der Waals surface area contributed by atoms with Gasteiger partial charge in [-0.3, -0.25) is 9.48 Å². The van der Waals surface area contributed by atoms with Crippen LogP contribution in [-0.4, -0.2) is 20.5 Å². The number of thiazole rings is 1. The van der Waals surface area contributed by atoms with Crippen LogP contribution < -0.4 is 0 Å². The number of nitrogens with zero attached hydrogens (tertiary/aromatic N) is 3. The van der Waals surface area contributed by atoms with Gasteiger partial charge in [0.2, 0.25) is 0 Å². The van der Waals surface area contributed by atoms with Gasteiger partial charge < -0.3 is 0 Å². The van der Waals surface area contributed by atoms with Crippen LogP contribution in [0.5, 0.6) is 0 Å². The van der Waals surface area contributed by atoms with Crippen molar-refractivity contribution in [2.24, 2.45) is 0 Å². The topological polar surface area (TPSA) is 47.8 Å². The molecule has 0 aromatic carbocycles. The van der Waals surface area contributed by atoms with E-state index in [-0.39, 0.29) is 5.78 Å². The molecule has 0 saturated carbocycles. The van der Waals surface area contributed by atoms with Crippen LogP contribution in [0.1, 0.15) is 23.6 Å². The van der Waals surface area contributed by atoms with Gasteiger partial charge in [-0.15, -0.1) is 11.3 Å². The van der Waals surface area contributed by atoms with Gasteiger partial charge in [-0.2, -0.15) is 5.10 Å². The average Bonchev–Trinajstić information content (AvgIpc) is 2.85. The Hall–Kier alpha value is -1.49. The third kappa shape index (κ3) is 1.83. The van der Waals surface area contributed by atoms with Crippen molar-refractivity contribution in [2.45, 2.75) is 20.4 Å². The summed E-state index contributed by atoms with van der Waals surface area (Å²) in [7, 11) is 0. The van der Waals surface area contributed by atoms with E-state index >= 15 is 0 Å². The largest absolute Gasteiger partial charge is 0.292 e. The van der Waals surface area contributed by atoms with Crippen molar-refractivity contribution in [1.29, 1.82) is 0 Å². The molecule has 2 aromatic heterocycles. The van der Waals surface area contributed by atoms with Crippen molar-refractivity contribution in [1.82, 2.24) is 14.8 Å². The number of hydrogen-bond donors (Lipinski definition) is 0. The first-order valence-corrected chi connectivity index (χ1v) is 5.59. The van der Waals surface area contributed by atoms with Gasteiger partial charge in [-0.05, 0) is 13.0 Å².